The quantitative estimate of drug-likeness (QED) is 0.161. The Balaban J connectivity index is 1.30. The first kappa shape index (κ1) is 32.3. The van der Waals surface area contributed by atoms with Crippen molar-refractivity contribution in [2.45, 2.75) is 6.92 Å². The van der Waals surface area contributed by atoms with Gasteiger partial charge in [0.05, 0.1) is 0 Å². The third kappa shape index (κ3) is 8.81. The second-order valence-electron chi connectivity index (χ2n) is 12.3. The molecule has 0 aliphatic rings. The Labute approximate surface area is 280 Å². The summed E-state index contributed by atoms with van der Waals surface area (Å²) in [5.41, 5.74) is 6.18. The van der Waals surface area contributed by atoms with Crippen LogP contribution >= 0.6 is 0 Å². The van der Waals surface area contributed by atoms with Gasteiger partial charge in [0.15, 0.2) is 0 Å². The summed E-state index contributed by atoms with van der Waals surface area (Å²) in [5.74, 6) is 0. The topological polar surface area (TPSA) is 27.7 Å². The van der Waals surface area contributed by atoms with Gasteiger partial charge in [0.2, 0.25) is 0 Å². The highest BCUT2D eigenvalue weighted by atomic mass is 16.5. The molecule has 0 aromatic heterocycles. The SMILES string of the molecule is CC(COB(c1ccccc1)c1ccccc1)(COB(c1ccccc1)c1ccccc1)COB(c1ccccc1)c1ccccc1. The van der Waals surface area contributed by atoms with E-state index in [2.05, 4.69) is 153 Å². The normalized spacial score (nSPS) is 11.2. The summed E-state index contributed by atoms with van der Waals surface area (Å²) in [5, 5.41) is 0. The molecule has 230 valence electrons. The van der Waals surface area contributed by atoms with E-state index in [9.17, 15) is 0 Å². The summed E-state index contributed by atoms with van der Waals surface area (Å²) in [4.78, 5) is 0. The van der Waals surface area contributed by atoms with Crippen molar-refractivity contribution in [2.24, 2.45) is 5.41 Å². The van der Waals surface area contributed by atoms with Crippen molar-refractivity contribution in [2.75, 3.05) is 19.8 Å². The lowest BCUT2D eigenvalue weighted by molar-refractivity contribution is 0.0494. The van der Waals surface area contributed by atoms with Crippen LogP contribution in [0.5, 0.6) is 0 Å². The minimum absolute atomic E-state index is 0.227. The highest BCUT2D eigenvalue weighted by Crippen LogP contribution is 2.21. The minimum Gasteiger partial charge on any atom is -0.426 e. The molecule has 0 spiro atoms. The molecule has 0 heterocycles. The average molecular weight is 612 g/mol. The third-order valence-corrected chi connectivity index (χ3v) is 8.41. The van der Waals surface area contributed by atoms with Gasteiger partial charge in [-0.15, -0.1) is 0 Å². The molecule has 0 radical (unpaired) electrons. The molecule has 47 heavy (non-hydrogen) atoms. The summed E-state index contributed by atoms with van der Waals surface area (Å²) in [6, 6.07) is 62.6. The first-order valence-electron chi connectivity index (χ1n) is 16.3. The second kappa shape index (κ2) is 16.3. The fourth-order valence-electron chi connectivity index (χ4n) is 5.90. The third-order valence-electron chi connectivity index (χ3n) is 8.41. The first-order valence-corrected chi connectivity index (χ1v) is 16.3. The van der Waals surface area contributed by atoms with Crippen LogP contribution < -0.4 is 32.8 Å². The Bertz CT molecular complexity index is 1420. The van der Waals surface area contributed by atoms with Crippen LogP contribution in [-0.4, -0.2) is 40.6 Å². The van der Waals surface area contributed by atoms with Gasteiger partial charge in [0.25, 0.3) is 0 Å². The van der Waals surface area contributed by atoms with E-state index in [1.165, 1.54) is 0 Å². The largest absolute Gasteiger partial charge is 0.426 e. The second-order valence-corrected chi connectivity index (χ2v) is 12.3. The highest BCUT2D eigenvalue weighted by Gasteiger charge is 2.34. The minimum atomic E-state index is -0.495. The van der Waals surface area contributed by atoms with E-state index in [-0.39, 0.29) is 20.7 Å². The maximum Gasteiger partial charge on any atom is 0.361 e. The Morgan fingerprint density at radius 1 is 0.319 bits per heavy atom. The monoisotopic (exact) mass is 612 g/mol. The van der Waals surface area contributed by atoms with Crippen LogP contribution in [0.4, 0.5) is 0 Å². The molecule has 6 rings (SSSR count). The summed E-state index contributed by atoms with van der Waals surface area (Å²) in [7, 11) is 0. The molecule has 0 bridgehead atoms. The molecule has 0 saturated carbocycles. The van der Waals surface area contributed by atoms with Gasteiger partial charge in [-0.25, -0.2) is 0 Å². The van der Waals surface area contributed by atoms with Gasteiger partial charge in [-0.1, -0.05) is 189 Å². The van der Waals surface area contributed by atoms with E-state index in [1.54, 1.807) is 0 Å². The molecule has 6 aromatic carbocycles. The van der Waals surface area contributed by atoms with Crippen LogP contribution in [0.15, 0.2) is 182 Å². The molecule has 0 saturated heterocycles. The highest BCUT2D eigenvalue weighted by molar-refractivity contribution is 6.81. The molecule has 0 unspecified atom stereocenters. The van der Waals surface area contributed by atoms with Crippen LogP contribution in [0.1, 0.15) is 6.92 Å². The van der Waals surface area contributed by atoms with Gasteiger partial charge >= 0.3 is 20.7 Å². The molecular formula is C41H39B3O3. The molecule has 3 nitrogen and oxygen atoms in total. The Morgan fingerprint density at radius 3 is 0.660 bits per heavy atom. The van der Waals surface area contributed by atoms with Gasteiger partial charge in [-0.3, -0.25) is 0 Å². The fraction of sp³-hybridized carbons (Fsp3) is 0.122. The first-order chi connectivity index (χ1) is 23.2. The van der Waals surface area contributed by atoms with Crippen molar-refractivity contribution in [1.82, 2.24) is 0 Å². The lowest BCUT2D eigenvalue weighted by Gasteiger charge is -2.34. The number of rotatable bonds is 15. The van der Waals surface area contributed by atoms with Crippen LogP contribution in [0.25, 0.3) is 0 Å². The predicted molar refractivity (Wildman–Crippen MR) is 200 cm³/mol. The molecule has 0 fully saturated rings. The zero-order valence-corrected chi connectivity index (χ0v) is 26.9. The molecule has 6 heteroatoms. The molecule has 0 atom stereocenters. The van der Waals surface area contributed by atoms with E-state index in [1.807, 2.05) is 36.4 Å². The maximum atomic E-state index is 6.91. The predicted octanol–water partition coefficient (Wildman–Crippen LogP) is 4.46. The van der Waals surface area contributed by atoms with Gasteiger partial charge < -0.3 is 14.0 Å². The smallest absolute Gasteiger partial charge is 0.361 e. The van der Waals surface area contributed by atoms with Crippen molar-refractivity contribution in [3.63, 3.8) is 0 Å². The zero-order valence-electron chi connectivity index (χ0n) is 26.9. The lowest BCUT2D eigenvalue weighted by Crippen LogP contribution is -2.52. The van der Waals surface area contributed by atoms with Crippen molar-refractivity contribution in [3.05, 3.63) is 182 Å². The molecule has 0 amide bonds. The number of hydrogen-bond acceptors (Lipinski definition) is 3. The van der Waals surface area contributed by atoms with Crippen LogP contribution in [0.3, 0.4) is 0 Å². The summed E-state index contributed by atoms with van der Waals surface area (Å²) >= 11 is 0. The van der Waals surface area contributed by atoms with Crippen molar-refractivity contribution in [3.8, 4) is 0 Å². The maximum absolute atomic E-state index is 6.91. The number of benzene rings is 6. The van der Waals surface area contributed by atoms with Crippen molar-refractivity contribution < 1.29 is 14.0 Å². The summed E-state index contributed by atoms with van der Waals surface area (Å²) in [6.07, 6.45) is 0. The van der Waals surface area contributed by atoms with Crippen LogP contribution in [0.2, 0.25) is 0 Å². The Kier molecular flexibility index (Phi) is 11.2. The van der Waals surface area contributed by atoms with Crippen molar-refractivity contribution >= 4 is 53.5 Å². The standard InChI is InChI=1S/C41H39B3O3/c1-41(32-45-42(35-20-8-2-9-21-35)36-22-10-3-11-23-36,33-46-43(37-24-12-4-13-25-37)38-26-14-5-15-27-38)34-47-44(39-28-16-6-17-29-39)40-30-18-7-19-31-40/h2-31H,32-34H2,1H3. The van der Waals surface area contributed by atoms with Gasteiger partial charge in [0, 0.05) is 25.2 Å². The van der Waals surface area contributed by atoms with E-state index in [0.29, 0.717) is 19.8 Å². The van der Waals surface area contributed by atoms with Gasteiger partial charge in [0.1, 0.15) is 0 Å². The summed E-state index contributed by atoms with van der Waals surface area (Å²) in [6.45, 7) is 2.80. The number of hydrogen-bond donors (Lipinski definition) is 0. The fourth-order valence-corrected chi connectivity index (χ4v) is 5.90. The summed E-state index contributed by atoms with van der Waals surface area (Å²) < 4.78 is 20.7. The van der Waals surface area contributed by atoms with E-state index < -0.39 is 5.41 Å². The van der Waals surface area contributed by atoms with Crippen molar-refractivity contribution in [1.29, 1.82) is 0 Å². The molecule has 0 N–H and O–H groups in total. The van der Waals surface area contributed by atoms with E-state index in [4.69, 9.17) is 14.0 Å². The van der Waals surface area contributed by atoms with Crippen LogP contribution in [-0.2, 0) is 14.0 Å². The van der Waals surface area contributed by atoms with E-state index >= 15 is 0 Å². The van der Waals surface area contributed by atoms with Gasteiger partial charge in [-0.05, 0) is 32.8 Å². The Morgan fingerprint density at radius 2 is 0.489 bits per heavy atom. The molecule has 6 aromatic rings. The van der Waals surface area contributed by atoms with E-state index in [0.717, 1.165) is 32.8 Å². The molecular weight excluding hydrogens is 573 g/mol. The average Bonchev–Trinajstić information content (AvgIpc) is 3.15. The Hall–Kier alpha value is -4.61. The van der Waals surface area contributed by atoms with Gasteiger partial charge in [-0.2, -0.15) is 0 Å². The van der Waals surface area contributed by atoms with Crippen LogP contribution in [0, 0.1) is 5.41 Å². The molecule has 0 aliphatic heterocycles. The molecule has 0 aliphatic carbocycles. The lowest BCUT2D eigenvalue weighted by atomic mass is 9.54. The zero-order chi connectivity index (χ0) is 32.2.